The zero-order chi connectivity index (χ0) is 47.2. The minimum Gasteiger partial charge on any atom is -0.497 e. The lowest BCUT2D eigenvalue weighted by atomic mass is 9.80. The monoisotopic (exact) mass is 920 g/mol. The Hall–Kier alpha value is -4.65. The van der Waals surface area contributed by atoms with Crippen LogP contribution in [0.4, 0.5) is 18.0 Å². The van der Waals surface area contributed by atoms with Crippen LogP contribution in [-0.4, -0.2) is 95.4 Å². The van der Waals surface area contributed by atoms with Crippen molar-refractivity contribution in [1.29, 1.82) is 0 Å². The fraction of sp³-hybridized carbons (Fsp3) is 0.667. The van der Waals surface area contributed by atoms with Gasteiger partial charge >= 0.3 is 12.3 Å². The summed E-state index contributed by atoms with van der Waals surface area (Å²) >= 11 is 0. The van der Waals surface area contributed by atoms with Crippen LogP contribution in [0.5, 0.6) is 11.5 Å². The largest absolute Gasteiger partial charge is 0.497 e. The molecule has 5 aliphatic rings. The van der Waals surface area contributed by atoms with Gasteiger partial charge in [0.05, 0.1) is 23.9 Å². The first kappa shape index (κ1) is 48.8. The molecule has 2 aromatic rings. The van der Waals surface area contributed by atoms with Crippen LogP contribution >= 0.6 is 0 Å². The summed E-state index contributed by atoms with van der Waals surface area (Å²) in [5.41, 5.74) is -0.0873. The number of carbonyl (C=O) groups excluding carboxylic acids is 4. The number of amides is 4. The van der Waals surface area contributed by atoms with E-state index in [1.807, 2.05) is 6.08 Å². The molecule has 64 heavy (non-hydrogen) atoms. The average molecular weight is 921 g/mol. The molecule has 4 heterocycles. The minimum atomic E-state index is -4.95. The molecule has 0 bridgehead atoms. The predicted molar refractivity (Wildman–Crippen MR) is 233 cm³/mol. The summed E-state index contributed by atoms with van der Waals surface area (Å²) in [6.45, 7) is 10.9. The molecule has 3 fully saturated rings. The van der Waals surface area contributed by atoms with E-state index in [4.69, 9.17) is 19.9 Å². The highest BCUT2D eigenvalue weighted by Gasteiger charge is 2.58. The van der Waals surface area contributed by atoms with Gasteiger partial charge in [0.15, 0.2) is 11.4 Å². The van der Waals surface area contributed by atoms with Crippen molar-refractivity contribution < 1.29 is 55.0 Å². The molecule has 4 amide bonds. The molecule has 0 radical (unpaired) electrons. The van der Waals surface area contributed by atoms with Crippen LogP contribution in [0.3, 0.4) is 0 Å². The van der Waals surface area contributed by atoms with E-state index in [1.54, 1.807) is 46.8 Å². The zero-order valence-electron chi connectivity index (χ0n) is 37.9. The van der Waals surface area contributed by atoms with Gasteiger partial charge in [-0.1, -0.05) is 38.8 Å². The van der Waals surface area contributed by atoms with Crippen LogP contribution in [0.25, 0.3) is 10.9 Å². The number of methoxy groups -OCH3 is 1. The molecule has 5 N–H and O–H groups in total. The summed E-state index contributed by atoms with van der Waals surface area (Å²) in [6.07, 6.45) is 3.27. The van der Waals surface area contributed by atoms with Crippen LogP contribution in [0, 0.1) is 5.92 Å². The number of hydrogen-bond acceptors (Lipinski definition) is 11. The fourth-order valence-corrected chi connectivity index (χ4v) is 9.85. The Morgan fingerprint density at radius 3 is 2.30 bits per heavy atom. The van der Waals surface area contributed by atoms with Crippen molar-refractivity contribution >= 4 is 44.7 Å². The Kier molecular flexibility index (Phi) is 13.7. The van der Waals surface area contributed by atoms with Gasteiger partial charge in [-0.2, -0.15) is 13.2 Å². The number of nitrogens with one attached hydrogen (secondary N) is 3. The number of pyridine rings is 1. The number of benzene rings is 1. The lowest BCUT2D eigenvalue weighted by Crippen LogP contribution is -2.64. The summed E-state index contributed by atoms with van der Waals surface area (Å²) in [5, 5.41) is 5.83. The maximum absolute atomic E-state index is 14.9. The van der Waals surface area contributed by atoms with Gasteiger partial charge in [-0.15, -0.1) is 0 Å². The van der Waals surface area contributed by atoms with Gasteiger partial charge in [-0.25, -0.2) is 18.2 Å². The third-order valence-corrected chi connectivity index (χ3v) is 15.1. The van der Waals surface area contributed by atoms with Crippen molar-refractivity contribution in [2.24, 2.45) is 11.7 Å². The van der Waals surface area contributed by atoms with Gasteiger partial charge in [-0.3, -0.25) is 19.1 Å². The topological polar surface area (TPSA) is 208 Å². The van der Waals surface area contributed by atoms with E-state index in [9.17, 15) is 40.8 Å². The predicted octanol–water partition coefficient (Wildman–Crippen LogP) is 6.52. The van der Waals surface area contributed by atoms with E-state index in [0.29, 0.717) is 55.7 Å². The summed E-state index contributed by atoms with van der Waals surface area (Å²) in [5.74, 6) is -4.06. The normalized spacial score (nSPS) is 29.0. The van der Waals surface area contributed by atoms with Gasteiger partial charge in [0, 0.05) is 29.3 Å². The molecule has 354 valence electrons. The Labute approximate surface area is 373 Å². The Morgan fingerprint density at radius 1 is 1.03 bits per heavy atom. The van der Waals surface area contributed by atoms with Crippen LogP contribution in [0.1, 0.15) is 136 Å². The number of carbonyl (C=O) groups is 4. The molecule has 15 nitrogen and oxygen atoms in total. The summed E-state index contributed by atoms with van der Waals surface area (Å²) in [4.78, 5) is 62.2. The zero-order valence-corrected chi connectivity index (χ0v) is 38.8. The number of nitrogens with two attached hydrogens (primary N) is 1. The molecule has 6 atom stereocenters. The van der Waals surface area contributed by atoms with Gasteiger partial charge in [0.1, 0.15) is 34.6 Å². The van der Waals surface area contributed by atoms with Crippen LogP contribution in [-0.2, 0) is 35.3 Å². The van der Waals surface area contributed by atoms with Crippen LogP contribution in [0.15, 0.2) is 30.4 Å². The molecule has 2 saturated carbocycles. The van der Waals surface area contributed by atoms with Crippen molar-refractivity contribution in [3.05, 3.63) is 41.6 Å². The molecule has 19 heteroatoms. The molecule has 7 rings (SSSR count). The second-order valence-electron chi connectivity index (χ2n) is 19.6. The van der Waals surface area contributed by atoms with Crippen molar-refractivity contribution in [2.75, 3.05) is 13.7 Å². The molecule has 1 aromatic carbocycles. The van der Waals surface area contributed by atoms with Crippen LogP contribution in [0.2, 0.25) is 0 Å². The van der Waals surface area contributed by atoms with E-state index in [1.165, 1.54) is 50.8 Å². The highest BCUT2D eigenvalue weighted by atomic mass is 32.2. The number of sulfonamides is 1. The quantitative estimate of drug-likeness (QED) is 0.238. The van der Waals surface area contributed by atoms with Gasteiger partial charge < -0.3 is 35.5 Å². The lowest BCUT2D eigenvalue weighted by Gasteiger charge is -2.40. The van der Waals surface area contributed by atoms with E-state index in [0.717, 1.165) is 0 Å². The summed E-state index contributed by atoms with van der Waals surface area (Å²) in [6, 6.07) is 2.47. The minimum absolute atomic E-state index is 0.0685. The maximum atomic E-state index is 14.9. The van der Waals surface area contributed by atoms with Crippen LogP contribution < -0.4 is 30.6 Å². The maximum Gasteiger partial charge on any atom is 0.437 e. The number of halogens is 3. The molecule has 3 unspecified atom stereocenters. The number of aromatic nitrogens is 1. The number of alkyl carbamates (subject to hydrolysis) is 1. The van der Waals surface area contributed by atoms with E-state index in [-0.39, 0.29) is 36.9 Å². The highest BCUT2D eigenvalue weighted by molar-refractivity contribution is 7.91. The van der Waals surface area contributed by atoms with E-state index in [2.05, 4.69) is 20.3 Å². The standard InChI is InChI=1S/C42H56F3N5O9S.C3H7N/c1-24-21-41(58-32-31(24)27-20-26(57-8)16-17-28(27)46-33(32)42(43,44)45)22-30-34(51)48-40(7,36(53)49-60(55,56)39(6)18-19-39)25(2)14-12-10-9-11-13-15-29(35(52)50(30)23-41)47-37(54)59-38(3,4)5;4-3-1-2-3/h12,14,16-17,20,24-25,29-30H,9-11,13,15,18-19,21-23H2,1-8H3,(H,47,54)(H,48,51)(H,49,53);3H,1-2,4H2/b14-12-;/t24?,25-,29-,30?,40?,41+;/m0./s1. The SMILES string of the molecule is COc1ccc2nc(C(F)(F)F)c3c(c2c1)C(C)C[C@]1(CC2C(=O)NC(C)(C(=O)NS(=O)(=O)C4(C)CC4)[C@@H](C)/C=C\CCCCC[C@H](NC(=O)OC(C)(C)C)C(=O)N2C1)O3.NC1CC1. The van der Waals surface area contributed by atoms with Crippen molar-refractivity contribution in [3.63, 3.8) is 0 Å². The fourth-order valence-electron chi connectivity index (χ4n) is 8.51. The first-order chi connectivity index (χ1) is 29.7. The van der Waals surface area contributed by atoms with E-state index < -0.39 is 96.9 Å². The molecule has 1 saturated heterocycles. The molecule has 1 spiro atoms. The number of hydrogen-bond donors (Lipinski definition) is 4. The average Bonchev–Trinajstić information content (AvgIpc) is 4.12. The second kappa shape index (κ2) is 18.0. The number of nitrogens with zero attached hydrogens (tertiary/aromatic N) is 2. The van der Waals surface area contributed by atoms with Crippen molar-refractivity contribution in [1.82, 2.24) is 25.2 Å². The smallest absolute Gasteiger partial charge is 0.437 e. The molecule has 1 aromatic heterocycles. The number of fused-ring (bicyclic) bond motifs is 4. The second-order valence-corrected chi connectivity index (χ2v) is 21.8. The van der Waals surface area contributed by atoms with Gasteiger partial charge in [0.2, 0.25) is 21.8 Å². The van der Waals surface area contributed by atoms with Gasteiger partial charge in [0.25, 0.3) is 5.91 Å². The first-order valence-electron chi connectivity index (χ1n) is 22.1. The first-order valence-corrected chi connectivity index (χ1v) is 23.6. The number of allylic oxidation sites excluding steroid dienone is 1. The summed E-state index contributed by atoms with van der Waals surface area (Å²) < 4.78 is 89.7. The number of ether oxygens (including phenoxy) is 3. The number of alkyl halides is 3. The Morgan fingerprint density at radius 2 is 1.70 bits per heavy atom. The molecule has 3 aliphatic heterocycles. The van der Waals surface area contributed by atoms with Crippen molar-refractivity contribution in [2.45, 2.75) is 171 Å². The lowest BCUT2D eigenvalue weighted by molar-refractivity contribution is -0.144. The Bertz CT molecular complexity index is 2280. The third-order valence-electron chi connectivity index (χ3n) is 12.9. The Balaban J connectivity index is 0.00000161. The molecular weight excluding hydrogens is 858 g/mol. The molecular formula is C45H63F3N6O9S. The van der Waals surface area contributed by atoms with E-state index >= 15 is 0 Å². The highest BCUT2D eigenvalue weighted by Crippen LogP contribution is 2.53. The number of rotatable bonds is 5. The molecule has 2 aliphatic carbocycles. The van der Waals surface area contributed by atoms with Gasteiger partial charge in [-0.05, 0) is 110 Å². The third kappa shape index (κ3) is 10.7. The summed E-state index contributed by atoms with van der Waals surface area (Å²) in [7, 11) is -2.71. The van der Waals surface area contributed by atoms with Crippen molar-refractivity contribution in [3.8, 4) is 11.5 Å².